The molecule has 1 spiro atoms. The Bertz CT molecular complexity index is 646. The van der Waals surface area contributed by atoms with Crippen molar-refractivity contribution in [3.8, 4) is 0 Å². The average Bonchev–Trinajstić information content (AvgIpc) is 3.30. The number of amides is 1. The molecule has 6 nitrogen and oxygen atoms in total. The Balaban J connectivity index is 1.77. The molecular formula is C21H31NO5. The molecule has 3 fully saturated rings. The highest BCUT2D eigenvalue weighted by Gasteiger charge is 2.71. The zero-order valence-electron chi connectivity index (χ0n) is 16.1. The maximum atomic E-state index is 13.5. The Labute approximate surface area is 160 Å². The third kappa shape index (κ3) is 3.15. The van der Waals surface area contributed by atoms with Gasteiger partial charge in [-0.25, -0.2) is 0 Å². The van der Waals surface area contributed by atoms with Gasteiger partial charge in [0.05, 0.1) is 24.4 Å². The van der Waals surface area contributed by atoms with Crippen molar-refractivity contribution in [2.45, 2.75) is 82.8 Å². The van der Waals surface area contributed by atoms with E-state index in [0.717, 1.165) is 6.42 Å². The Morgan fingerprint density at radius 3 is 2.78 bits per heavy atom. The number of aliphatic hydroxyl groups excluding tert-OH is 2. The molecule has 0 radical (unpaired) electrons. The van der Waals surface area contributed by atoms with E-state index in [1.165, 1.54) is 0 Å². The van der Waals surface area contributed by atoms with E-state index in [0.29, 0.717) is 31.6 Å². The van der Waals surface area contributed by atoms with Gasteiger partial charge in [0.1, 0.15) is 5.41 Å². The molecule has 8 atom stereocenters. The van der Waals surface area contributed by atoms with Crippen molar-refractivity contribution in [1.82, 2.24) is 5.32 Å². The van der Waals surface area contributed by atoms with E-state index in [9.17, 15) is 19.8 Å². The summed E-state index contributed by atoms with van der Waals surface area (Å²) < 4.78 is 5.86. The molecule has 2 aliphatic heterocycles. The number of Topliss-reactive ketones (excluding diaryl/α,β-unsaturated/α-hetero) is 1. The van der Waals surface area contributed by atoms with E-state index in [4.69, 9.17) is 4.74 Å². The van der Waals surface area contributed by atoms with Gasteiger partial charge in [-0.05, 0) is 38.0 Å². The maximum Gasteiger partial charge on any atom is 0.235 e. The van der Waals surface area contributed by atoms with Gasteiger partial charge >= 0.3 is 0 Å². The van der Waals surface area contributed by atoms with Crippen LogP contribution in [0.5, 0.6) is 0 Å². The van der Waals surface area contributed by atoms with E-state index in [1.807, 2.05) is 6.08 Å². The molecular weight excluding hydrogens is 346 g/mol. The lowest BCUT2D eigenvalue weighted by Crippen LogP contribution is -2.54. The van der Waals surface area contributed by atoms with Gasteiger partial charge in [0, 0.05) is 24.3 Å². The van der Waals surface area contributed by atoms with E-state index in [2.05, 4.69) is 19.2 Å². The van der Waals surface area contributed by atoms with Gasteiger partial charge in [-0.3, -0.25) is 9.59 Å². The Kier molecular flexibility index (Phi) is 4.93. The number of carbonyl (C=O) groups excluding carboxylic acids is 2. The molecule has 3 N–H and O–H groups in total. The van der Waals surface area contributed by atoms with Crippen molar-refractivity contribution in [2.75, 3.05) is 0 Å². The molecule has 0 aromatic heterocycles. The van der Waals surface area contributed by atoms with Crippen molar-refractivity contribution >= 4 is 11.7 Å². The first-order valence-corrected chi connectivity index (χ1v) is 10.4. The van der Waals surface area contributed by atoms with Gasteiger partial charge in [0.15, 0.2) is 5.78 Å². The van der Waals surface area contributed by atoms with Gasteiger partial charge in [0.25, 0.3) is 0 Å². The fraction of sp³-hybridized carbons (Fsp3) is 0.810. The predicted octanol–water partition coefficient (Wildman–Crippen LogP) is 1.34. The standard InChI is InChI=1S/C21H31NO5/c1-11(2)8-16-15-10-17-19(27-17)14-7-6-12(23)4-3-5-13(24)9-18(25)21(14,15)20(26)22-16/h6-7,11-17,19,23-24H,3-5,8-10H2,1-2H3,(H,22,26)/b7-6+/t12-,13-,14-,15-,16-,17+,19-,21+/m0/s1. The second-order valence-corrected chi connectivity index (χ2v) is 9.25. The summed E-state index contributed by atoms with van der Waals surface area (Å²) in [6.45, 7) is 4.24. The minimum absolute atomic E-state index is 0.00383. The van der Waals surface area contributed by atoms with Crippen molar-refractivity contribution in [1.29, 1.82) is 0 Å². The lowest BCUT2D eigenvalue weighted by Gasteiger charge is -2.41. The first kappa shape index (κ1) is 19.1. The summed E-state index contributed by atoms with van der Waals surface area (Å²) in [4.78, 5) is 26.8. The van der Waals surface area contributed by atoms with Gasteiger partial charge in [0.2, 0.25) is 5.91 Å². The minimum atomic E-state index is -1.18. The molecule has 1 saturated carbocycles. The van der Waals surface area contributed by atoms with Crippen LogP contribution in [-0.4, -0.2) is 52.4 Å². The van der Waals surface area contributed by atoms with Crippen LogP contribution >= 0.6 is 0 Å². The van der Waals surface area contributed by atoms with E-state index in [-0.39, 0.29) is 48.2 Å². The quantitative estimate of drug-likeness (QED) is 0.383. The van der Waals surface area contributed by atoms with Crippen LogP contribution in [0.25, 0.3) is 0 Å². The summed E-state index contributed by atoms with van der Waals surface area (Å²) in [5.74, 6) is -0.465. The van der Waals surface area contributed by atoms with Crippen LogP contribution < -0.4 is 5.32 Å². The summed E-state index contributed by atoms with van der Waals surface area (Å²) in [6.07, 6.45) is 5.29. The van der Waals surface area contributed by atoms with E-state index < -0.39 is 17.6 Å². The molecule has 6 heteroatoms. The number of hydrogen-bond acceptors (Lipinski definition) is 5. The number of ether oxygens (including phenoxy) is 1. The number of rotatable bonds is 2. The number of fused-ring (bicyclic) bond motifs is 2. The summed E-state index contributed by atoms with van der Waals surface area (Å²) >= 11 is 0. The van der Waals surface area contributed by atoms with Gasteiger partial charge < -0.3 is 20.3 Å². The average molecular weight is 377 g/mol. The second-order valence-electron chi connectivity index (χ2n) is 9.25. The molecule has 4 aliphatic rings. The monoisotopic (exact) mass is 377 g/mol. The molecule has 0 aromatic carbocycles. The van der Waals surface area contributed by atoms with Gasteiger partial charge in [-0.15, -0.1) is 0 Å². The second kappa shape index (κ2) is 6.98. The van der Waals surface area contributed by atoms with Crippen LogP contribution in [0.2, 0.25) is 0 Å². The lowest BCUT2D eigenvalue weighted by atomic mass is 9.56. The Hall–Kier alpha value is -1.24. The molecule has 27 heavy (non-hydrogen) atoms. The first-order valence-electron chi connectivity index (χ1n) is 10.4. The van der Waals surface area contributed by atoms with Crippen molar-refractivity contribution < 1.29 is 24.5 Å². The third-order valence-corrected chi connectivity index (χ3v) is 6.94. The lowest BCUT2D eigenvalue weighted by molar-refractivity contribution is -0.147. The molecule has 4 rings (SSSR count). The van der Waals surface area contributed by atoms with E-state index in [1.54, 1.807) is 6.08 Å². The summed E-state index contributed by atoms with van der Waals surface area (Å²) in [6, 6.07) is -0.0466. The Morgan fingerprint density at radius 1 is 1.26 bits per heavy atom. The SMILES string of the molecule is CC(C)C[C@@H]1NC(=O)[C@]23C(=O)C[C@@H](O)CCC[C@H](O)/C=C/[C@H]2[C@@H]2O[C@@H]2C[C@@H]13. The van der Waals surface area contributed by atoms with Gasteiger partial charge in [-0.1, -0.05) is 26.0 Å². The van der Waals surface area contributed by atoms with Crippen molar-refractivity contribution in [2.24, 2.45) is 23.2 Å². The number of nitrogens with one attached hydrogen (secondary N) is 1. The summed E-state index contributed by atoms with van der Waals surface area (Å²) in [5.41, 5.74) is -1.18. The summed E-state index contributed by atoms with van der Waals surface area (Å²) in [7, 11) is 0. The zero-order chi connectivity index (χ0) is 19.3. The predicted molar refractivity (Wildman–Crippen MR) is 98.7 cm³/mol. The number of carbonyl (C=O) groups is 2. The third-order valence-electron chi connectivity index (χ3n) is 6.94. The molecule has 150 valence electrons. The van der Waals surface area contributed by atoms with Crippen LogP contribution in [0.15, 0.2) is 12.2 Å². The molecule has 2 heterocycles. The highest BCUT2D eigenvalue weighted by atomic mass is 16.6. The van der Waals surface area contributed by atoms with Crippen LogP contribution in [-0.2, 0) is 14.3 Å². The fourth-order valence-electron chi connectivity index (χ4n) is 5.70. The Morgan fingerprint density at radius 2 is 2.04 bits per heavy atom. The fourth-order valence-corrected chi connectivity index (χ4v) is 5.70. The molecule has 2 aliphatic carbocycles. The molecule has 2 saturated heterocycles. The van der Waals surface area contributed by atoms with Crippen molar-refractivity contribution in [3.63, 3.8) is 0 Å². The number of hydrogen-bond donors (Lipinski definition) is 3. The normalized spacial score (nSPS) is 48.1. The van der Waals surface area contributed by atoms with Crippen LogP contribution in [0, 0.1) is 23.2 Å². The zero-order valence-corrected chi connectivity index (χ0v) is 16.1. The van der Waals surface area contributed by atoms with E-state index >= 15 is 0 Å². The highest BCUT2D eigenvalue weighted by Crippen LogP contribution is 2.59. The smallest absolute Gasteiger partial charge is 0.235 e. The minimum Gasteiger partial charge on any atom is -0.393 e. The molecule has 0 bridgehead atoms. The van der Waals surface area contributed by atoms with Gasteiger partial charge in [-0.2, -0.15) is 0 Å². The number of ketones is 1. The largest absolute Gasteiger partial charge is 0.393 e. The highest BCUT2D eigenvalue weighted by molar-refractivity contribution is 6.09. The first-order chi connectivity index (χ1) is 12.8. The number of epoxide rings is 1. The topological polar surface area (TPSA) is 99.2 Å². The van der Waals surface area contributed by atoms with Crippen molar-refractivity contribution in [3.05, 3.63) is 12.2 Å². The molecule has 0 unspecified atom stereocenters. The maximum absolute atomic E-state index is 13.5. The van der Waals surface area contributed by atoms with Crippen LogP contribution in [0.1, 0.15) is 52.4 Å². The summed E-state index contributed by atoms with van der Waals surface area (Å²) in [5, 5.41) is 23.7. The van der Waals surface area contributed by atoms with Crippen LogP contribution in [0.4, 0.5) is 0 Å². The molecule has 0 aromatic rings. The number of aliphatic hydroxyl groups is 2. The molecule has 1 amide bonds. The van der Waals surface area contributed by atoms with Crippen LogP contribution in [0.3, 0.4) is 0 Å².